The Bertz CT molecular complexity index is 1260. The van der Waals surface area contributed by atoms with E-state index >= 15 is 0 Å². The lowest BCUT2D eigenvalue weighted by Crippen LogP contribution is -2.40. The van der Waals surface area contributed by atoms with Crippen LogP contribution in [0.1, 0.15) is 11.7 Å². The first kappa shape index (κ1) is 24.0. The summed E-state index contributed by atoms with van der Waals surface area (Å²) in [7, 11) is 3.29. The van der Waals surface area contributed by atoms with Crippen LogP contribution >= 0.6 is 0 Å². The van der Waals surface area contributed by atoms with E-state index in [1.165, 1.54) is 18.2 Å². The third-order valence-corrected chi connectivity index (χ3v) is 6.24. The molecule has 190 valence electrons. The fraction of sp³-hybridized carbons (Fsp3) is 0.400. The molecule has 0 radical (unpaired) electrons. The molecule has 5 rings (SSSR count). The Hall–Kier alpha value is -3.67. The highest BCUT2D eigenvalue weighted by molar-refractivity contribution is 5.90. The molecule has 0 unspecified atom stereocenters. The van der Waals surface area contributed by atoms with Gasteiger partial charge in [-0.3, -0.25) is 4.90 Å². The summed E-state index contributed by atoms with van der Waals surface area (Å²) in [5, 5.41) is 21.7. The zero-order valence-electron chi connectivity index (χ0n) is 20.0. The summed E-state index contributed by atoms with van der Waals surface area (Å²) in [6.07, 6.45) is -1.58. The Labute approximate surface area is 207 Å². The van der Waals surface area contributed by atoms with Crippen LogP contribution in [0.5, 0.6) is 17.4 Å². The number of aliphatic hydroxyl groups excluding tert-OH is 2. The van der Waals surface area contributed by atoms with Crippen molar-refractivity contribution in [3.05, 3.63) is 48.2 Å². The topological polar surface area (TPSA) is 127 Å². The molecule has 2 aliphatic rings. The van der Waals surface area contributed by atoms with E-state index in [1.807, 2.05) is 6.07 Å². The van der Waals surface area contributed by atoms with E-state index < -0.39 is 24.4 Å². The molecule has 2 aromatic carbocycles. The van der Waals surface area contributed by atoms with Crippen molar-refractivity contribution in [2.75, 3.05) is 51.9 Å². The summed E-state index contributed by atoms with van der Waals surface area (Å²) in [5.74, 6) is 1.56. The zero-order chi connectivity index (χ0) is 25.2. The van der Waals surface area contributed by atoms with E-state index in [9.17, 15) is 15.0 Å². The predicted molar refractivity (Wildman–Crippen MR) is 130 cm³/mol. The standard InChI is InChI=1S/C25H28N4O7/c1-28(12-18(30)16-4-3-5-17-24(16)27-23(33-2)11-26-17)13-19(31)22-14-29(25(32)36-22)15-6-7-20-21(10-15)35-9-8-34-20/h3-7,10-11,18-19,22,30-31H,8-9,12-14H2,1-2H3/t18-,19-,22-/m1/s1. The average Bonchev–Trinajstić information content (AvgIpc) is 3.29. The number of likely N-dealkylation sites (N-methyl/N-ethyl adjacent to an activating group) is 1. The number of para-hydroxylation sites is 1. The molecule has 1 fully saturated rings. The molecule has 11 nitrogen and oxygen atoms in total. The van der Waals surface area contributed by atoms with Crippen molar-refractivity contribution in [2.24, 2.45) is 0 Å². The second-order valence-corrected chi connectivity index (χ2v) is 8.79. The molecule has 3 atom stereocenters. The third kappa shape index (κ3) is 4.85. The minimum absolute atomic E-state index is 0.184. The summed E-state index contributed by atoms with van der Waals surface area (Å²) in [5.41, 5.74) is 2.41. The maximum Gasteiger partial charge on any atom is 0.414 e. The van der Waals surface area contributed by atoms with Crippen molar-refractivity contribution in [3.8, 4) is 17.4 Å². The van der Waals surface area contributed by atoms with Crippen LogP contribution < -0.4 is 19.1 Å². The van der Waals surface area contributed by atoms with E-state index in [4.69, 9.17) is 18.9 Å². The van der Waals surface area contributed by atoms with Gasteiger partial charge in [0.05, 0.1) is 42.7 Å². The van der Waals surface area contributed by atoms with Crippen LogP contribution in [0.3, 0.4) is 0 Å². The number of anilines is 1. The number of hydrogen-bond acceptors (Lipinski definition) is 10. The van der Waals surface area contributed by atoms with Gasteiger partial charge in [0.2, 0.25) is 5.88 Å². The summed E-state index contributed by atoms with van der Waals surface area (Å²) < 4.78 is 21.7. The van der Waals surface area contributed by atoms with Crippen molar-refractivity contribution < 1.29 is 34.0 Å². The van der Waals surface area contributed by atoms with Crippen molar-refractivity contribution >= 4 is 22.8 Å². The van der Waals surface area contributed by atoms with Crippen LogP contribution in [0, 0.1) is 0 Å². The van der Waals surface area contributed by atoms with Crippen LogP contribution in [0.25, 0.3) is 11.0 Å². The largest absolute Gasteiger partial charge is 0.486 e. The lowest BCUT2D eigenvalue weighted by Gasteiger charge is -2.25. The number of carbonyl (C=O) groups excluding carboxylic acids is 1. The number of aromatic nitrogens is 2. The van der Waals surface area contributed by atoms with Crippen molar-refractivity contribution in [3.63, 3.8) is 0 Å². The monoisotopic (exact) mass is 496 g/mol. The molecule has 0 saturated carbocycles. The smallest absolute Gasteiger partial charge is 0.414 e. The fourth-order valence-electron chi connectivity index (χ4n) is 4.41. The molecular formula is C25H28N4O7. The predicted octanol–water partition coefficient (Wildman–Crippen LogP) is 1.76. The number of ether oxygens (including phenoxy) is 4. The number of amides is 1. The Kier molecular flexibility index (Phi) is 6.77. The minimum atomic E-state index is -0.958. The van der Waals surface area contributed by atoms with Gasteiger partial charge in [-0.1, -0.05) is 12.1 Å². The lowest BCUT2D eigenvalue weighted by molar-refractivity contribution is 0.00738. The normalized spacial score (nSPS) is 18.9. The molecule has 3 heterocycles. The molecule has 0 aliphatic carbocycles. The van der Waals surface area contributed by atoms with Crippen LogP contribution in [-0.4, -0.2) is 90.4 Å². The SMILES string of the molecule is COc1cnc2cccc([C@H](O)CN(C)C[C@@H](O)[C@H]3CN(c4ccc5c(c4)OCCO5)C(=O)O3)c2n1. The van der Waals surface area contributed by atoms with Crippen LogP contribution in [0.15, 0.2) is 42.6 Å². The first-order valence-electron chi connectivity index (χ1n) is 11.6. The molecular weight excluding hydrogens is 468 g/mol. The average molecular weight is 497 g/mol. The van der Waals surface area contributed by atoms with Crippen LogP contribution in [0.2, 0.25) is 0 Å². The molecule has 0 spiro atoms. The number of cyclic esters (lactones) is 1. The maximum atomic E-state index is 12.5. The summed E-state index contributed by atoms with van der Waals surface area (Å²) in [4.78, 5) is 24.5. The number of hydrogen-bond donors (Lipinski definition) is 2. The molecule has 1 amide bonds. The highest BCUT2D eigenvalue weighted by Crippen LogP contribution is 2.35. The molecule has 36 heavy (non-hydrogen) atoms. The van der Waals surface area contributed by atoms with Gasteiger partial charge in [-0.25, -0.2) is 14.8 Å². The highest BCUT2D eigenvalue weighted by atomic mass is 16.6. The van der Waals surface area contributed by atoms with Gasteiger partial charge in [-0.2, -0.15) is 0 Å². The summed E-state index contributed by atoms with van der Waals surface area (Å²) in [6, 6.07) is 10.6. The fourth-order valence-corrected chi connectivity index (χ4v) is 4.41. The van der Waals surface area contributed by atoms with Gasteiger partial charge in [-0.15, -0.1) is 0 Å². The van der Waals surface area contributed by atoms with E-state index in [2.05, 4.69) is 9.97 Å². The van der Waals surface area contributed by atoms with Gasteiger partial charge in [0.25, 0.3) is 0 Å². The summed E-state index contributed by atoms with van der Waals surface area (Å²) >= 11 is 0. The van der Waals surface area contributed by atoms with E-state index in [0.29, 0.717) is 52.9 Å². The van der Waals surface area contributed by atoms with Gasteiger partial charge in [0.1, 0.15) is 25.4 Å². The zero-order valence-corrected chi connectivity index (χ0v) is 20.0. The number of carbonyl (C=O) groups is 1. The van der Waals surface area contributed by atoms with Crippen LogP contribution in [-0.2, 0) is 4.74 Å². The number of fused-ring (bicyclic) bond motifs is 2. The highest BCUT2D eigenvalue weighted by Gasteiger charge is 2.37. The lowest BCUT2D eigenvalue weighted by atomic mass is 10.1. The number of nitrogens with zero attached hydrogens (tertiary/aromatic N) is 4. The molecule has 0 bridgehead atoms. The van der Waals surface area contributed by atoms with Gasteiger partial charge in [0, 0.05) is 24.7 Å². The number of methoxy groups -OCH3 is 1. The third-order valence-electron chi connectivity index (χ3n) is 6.24. The Morgan fingerprint density at radius 1 is 1.17 bits per heavy atom. The molecule has 1 aromatic heterocycles. The second-order valence-electron chi connectivity index (χ2n) is 8.79. The van der Waals surface area contributed by atoms with Gasteiger partial charge >= 0.3 is 6.09 Å². The number of aliphatic hydroxyl groups is 2. The quantitative estimate of drug-likeness (QED) is 0.476. The van der Waals surface area contributed by atoms with E-state index in [-0.39, 0.29) is 19.6 Å². The van der Waals surface area contributed by atoms with Crippen molar-refractivity contribution in [1.82, 2.24) is 14.9 Å². The summed E-state index contributed by atoms with van der Waals surface area (Å²) in [6.45, 7) is 1.52. The van der Waals surface area contributed by atoms with E-state index in [0.717, 1.165) is 0 Å². The first-order chi connectivity index (χ1) is 17.4. The second kappa shape index (κ2) is 10.1. The first-order valence-corrected chi connectivity index (χ1v) is 11.6. The Morgan fingerprint density at radius 2 is 1.97 bits per heavy atom. The van der Waals surface area contributed by atoms with Crippen molar-refractivity contribution in [2.45, 2.75) is 18.3 Å². The number of rotatable bonds is 8. The maximum absolute atomic E-state index is 12.5. The molecule has 1 saturated heterocycles. The van der Waals surface area contributed by atoms with E-state index in [1.54, 1.807) is 42.3 Å². The van der Waals surface area contributed by atoms with Gasteiger partial charge in [0.15, 0.2) is 11.5 Å². The minimum Gasteiger partial charge on any atom is -0.486 e. The number of benzene rings is 2. The Morgan fingerprint density at radius 3 is 2.78 bits per heavy atom. The van der Waals surface area contributed by atoms with Gasteiger partial charge in [-0.05, 0) is 25.2 Å². The molecule has 11 heteroatoms. The van der Waals surface area contributed by atoms with Gasteiger partial charge < -0.3 is 34.1 Å². The Balaban J connectivity index is 1.21. The molecule has 3 aromatic rings. The van der Waals surface area contributed by atoms with Crippen LogP contribution in [0.4, 0.5) is 10.5 Å². The van der Waals surface area contributed by atoms with Crippen molar-refractivity contribution in [1.29, 1.82) is 0 Å². The molecule has 2 N–H and O–H groups in total. The molecule has 2 aliphatic heterocycles.